The average Bonchev–Trinajstić information content (AvgIpc) is 2.70. The normalized spacial score (nSPS) is 17.3. The lowest BCUT2D eigenvalue weighted by Gasteiger charge is -2.22. The number of fused-ring (bicyclic) bond motifs is 1. The molecule has 1 aromatic carbocycles. The summed E-state index contributed by atoms with van der Waals surface area (Å²) in [6.07, 6.45) is 1.97. The molecule has 0 amide bonds. The van der Waals surface area contributed by atoms with E-state index < -0.39 is 0 Å². The van der Waals surface area contributed by atoms with Gasteiger partial charge in [-0.1, -0.05) is 6.07 Å². The van der Waals surface area contributed by atoms with E-state index in [1.807, 2.05) is 6.07 Å². The van der Waals surface area contributed by atoms with Crippen LogP contribution in [-0.2, 0) is 11.3 Å². The third-order valence-electron chi connectivity index (χ3n) is 3.57. The second-order valence-corrected chi connectivity index (χ2v) is 4.77. The van der Waals surface area contributed by atoms with E-state index in [0.29, 0.717) is 18.0 Å². The number of aromatic hydroxyl groups is 1. The number of H-pyrrole nitrogens is 1. The number of hydrogen-bond donors (Lipinski definition) is 2. The Morgan fingerprint density at radius 3 is 2.94 bits per heavy atom. The van der Waals surface area contributed by atoms with Gasteiger partial charge >= 0.3 is 5.69 Å². The molecule has 2 heterocycles. The molecule has 2 N–H and O–H groups in total. The van der Waals surface area contributed by atoms with Crippen LogP contribution in [0.15, 0.2) is 23.0 Å². The number of benzene rings is 1. The fraction of sp³-hybridized carbons (Fsp3) is 0.462. The SMILES string of the molecule is O=c1[nH]c2c(O)cccc2n1CC1CCOCC1. The van der Waals surface area contributed by atoms with Crippen molar-refractivity contribution in [3.05, 3.63) is 28.7 Å². The lowest BCUT2D eigenvalue weighted by Crippen LogP contribution is -2.25. The monoisotopic (exact) mass is 248 g/mol. The number of rotatable bonds is 2. The molecule has 0 bridgehead atoms. The van der Waals surface area contributed by atoms with Crippen LogP contribution in [0.1, 0.15) is 12.8 Å². The van der Waals surface area contributed by atoms with Crippen LogP contribution in [0.4, 0.5) is 0 Å². The molecule has 96 valence electrons. The summed E-state index contributed by atoms with van der Waals surface area (Å²) in [7, 11) is 0. The molecule has 0 saturated carbocycles. The molecule has 0 unspecified atom stereocenters. The molecule has 2 aromatic rings. The van der Waals surface area contributed by atoms with Crippen molar-refractivity contribution in [3.8, 4) is 5.75 Å². The predicted molar refractivity (Wildman–Crippen MR) is 67.8 cm³/mol. The first-order chi connectivity index (χ1) is 8.75. The van der Waals surface area contributed by atoms with E-state index in [1.165, 1.54) is 0 Å². The van der Waals surface area contributed by atoms with Gasteiger partial charge in [0.2, 0.25) is 0 Å². The highest BCUT2D eigenvalue weighted by Crippen LogP contribution is 2.23. The first-order valence-electron chi connectivity index (χ1n) is 6.24. The minimum atomic E-state index is -0.155. The smallest absolute Gasteiger partial charge is 0.326 e. The summed E-state index contributed by atoms with van der Waals surface area (Å²) in [6.45, 7) is 2.23. The number of phenols is 1. The molecule has 1 saturated heterocycles. The Balaban J connectivity index is 1.98. The van der Waals surface area contributed by atoms with Gasteiger partial charge < -0.3 is 14.8 Å². The number of nitrogens with zero attached hydrogens (tertiary/aromatic N) is 1. The van der Waals surface area contributed by atoms with Gasteiger partial charge in [0, 0.05) is 19.8 Å². The van der Waals surface area contributed by atoms with Crippen LogP contribution in [0, 0.1) is 5.92 Å². The van der Waals surface area contributed by atoms with Crippen LogP contribution in [0.3, 0.4) is 0 Å². The van der Waals surface area contributed by atoms with Gasteiger partial charge in [0.05, 0.1) is 5.52 Å². The number of hydrogen-bond acceptors (Lipinski definition) is 3. The summed E-state index contributed by atoms with van der Waals surface area (Å²) in [4.78, 5) is 14.6. The second-order valence-electron chi connectivity index (χ2n) is 4.77. The van der Waals surface area contributed by atoms with Crippen molar-refractivity contribution in [2.45, 2.75) is 19.4 Å². The molecule has 1 aliphatic heterocycles. The molecule has 1 aromatic heterocycles. The predicted octanol–water partition coefficient (Wildman–Crippen LogP) is 1.46. The molecular weight excluding hydrogens is 232 g/mol. The Hall–Kier alpha value is -1.75. The zero-order valence-corrected chi connectivity index (χ0v) is 10.1. The Bertz CT molecular complexity index is 608. The summed E-state index contributed by atoms with van der Waals surface area (Å²) in [5, 5.41) is 9.71. The molecule has 1 fully saturated rings. The Labute approximate surface area is 104 Å². The van der Waals surface area contributed by atoms with Gasteiger partial charge in [-0.05, 0) is 30.9 Å². The molecule has 3 rings (SSSR count). The van der Waals surface area contributed by atoms with Gasteiger partial charge in [-0.15, -0.1) is 0 Å². The van der Waals surface area contributed by atoms with Crippen molar-refractivity contribution < 1.29 is 9.84 Å². The summed E-state index contributed by atoms with van der Waals surface area (Å²) < 4.78 is 7.03. The highest BCUT2D eigenvalue weighted by molar-refractivity contribution is 5.81. The summed E-state index contributed by atoms with van der Waals surface area (Å²) >= 11 is 0. The van der Waals surface area contributed by atoms with Crippen molar-refractivity contribution in [1.82, 2.24) is 9.55 Å². The van der Waals surface area contributed by atoms with Crippen LogP contribution in [0.2, 0.25) is 0 Å². The maximum atomic E-state index is 11.9. The van der Waals surface area contributed by atoms with Crippen LogP contribution >= 0.6 is 0 Å². The second kappa shape index (κ2) is 4.49. The number of nitrogens with one attached hydrogen (secondary N) is 1. The zero-order chi connectivity index (χ0) is 12.5. The Morgan fingerprint density at radius 2 is 2.17 bits per heavy atom. The van der Waals surface area contributed by atoms with Gasteiger partial charge in [-0.25, -0.2) is 4.79 Å². The summed E-state index contributed by atoms with van der Waals surface area (Å²) in [5.74, 6) is 0.591. The highest BCUT2D eigenvalue weighted by Gasteiger charge is 2.17. The number of imidazole rings is 1. The minimum Gasteiger partial charge on any atom is -0.506 e. The van der Waals surface area contributed by atoms with E-state index in [9.17, 15) is 9.90 Å². The molecule has 5 heteroatoms. The molecular formula is C13H16N2O3. The summed E-state index contributed by atoms with van der Waals surface area (Å²) in [5.41, 5.74) is 1.14. The number of para-hydroxylation sites is 1. The van der Waals surface area contributed by atoms with E-state index in [1.54, 1.807) is 16.7 Å². The van der Waals surface area contributed by atoms with Crippen LogP contribution < -0.4 is 5.69 Å². The summed E-state index contributed by atoms with van der Waals surface area (Å²) in [6, 6.07) is 5.19. The third kappa shape index (κ3) is 1.90. The molecule has 0 aliphatic carbocycles. The Kier molecular flexibility index (Phi) is 2.83. The first kappa shape index (κ1) is 11.3. The molecule has 5 nitrogen and oxygen atoms in total. The zero-order valence-electron chi connectivity index (χ0n) is 10.1. The van der Waals surface area contributed by atoms with Crippen LogP contribution in [0.5, 0.6) is 5.75 Å². The number of aromatic nitrogens is 2. The van der Waals surface area contributed by atoms with Gasteiger partial charge in [-0.2, -0.15) is 0 Å². The highest BCUT2D eigenvalue weighted by atomic mass is 16.5. The minimum absolute atomic E-state index is 0.121. The molecule has 18 heavy (non-hydrogen) atoms. The topological polar surface area (TPSA) is 67.2 Å². The molecule has 0 spiro atoms. The van der Waals surface area contributed by atoms with Crippen LogP contribution in [0.25, 0.3) is 11.0 Å². The lowest BCUT2D eigenvalue weighted by molar-refractivity contribution is 0.0613. The van der Waals surface area contributed by atoms with Crippen molar-refractivity contribution in [1.29, 1.82) is 0 Å². The lowest BCUT2D eigenvalue weighted by atomic mass is 10.0. The van der Waals surface area contributed by atoms with Crippen molar-refractivity contribution in [2.75, 3.05) is 13.2 Å². The van der Waals surface area contributed by atoms with E-state index in [0.717, 1.165) is 31.6 Å². The number of phenolic OH excluding ortho intramolecular Hbond substituents is 1. The standard InChI is InChI=1S/C13H16N2O3/c16-11-3-1-2-10-12(11)14-13(17)15(10)8-9-4-6-18-7-5-9/h1-3,9,16H,4-8H2,(H,14,17). The number of aromatic amines is 1. The molecule has 0 atom stereocenters. The fourth-order valence-electron chi connectivity index (χ4n) is 2.53. The number of ether oxygens (including phenoxy) is 1. The van der Waals surface area contributed by atoms with Gasteiger partial charge in [0.25, 0.3) is 0 Å². The third-order valence-corrected chi connectivity index (χ3v) is 3.57. The van der Waals surface area contributed by atoms with E-state index in [-0.39, 0.29) is 11.4 Å². The van der Waals surface area contributed by atoms with Crippen molar-refractivity contribution in [3.63, 3.8) is 0 Å². The van der Waals surface area contributed by atoms with E-state index in [2.05, 4.69) is 4.98 Å². The first-order valence-corrected chi connectivity index (χ1v) is 6.24. The van der Waals surface area contributed by atoms with Crippen molar-refractivity contribution in [2.24, 2.45) is 5.92 Å². The van der Waals surface area contributed by atoms with Crippen LogP contribution in [-0.4, -0.2) is 27.9 Å². The average molecular weight is 248 g/mol. The van der Waals surface area contributed by atoms with Gasteiger partial charge in [-0.3, -0.25) is 4.57 Å². The quantitative estimate of drug-likeness (QED) is 0.845. The van der Waals surface area contributed by atoms with Crippen molar-refractivity contribution >= 4 is 11.0 Å². The fourth-order valence-corrected chi connectivity index (χ4v) is 2.53. The Morgan fingerprint density at radius 1 is 1.39 bits per heavy atom. The maximum absolute atomic E-state index is 11.9. The van der Waals surface area contributed by atoms with E-state index in [4.69, 9.17) is 4.74 Å². The van der Waals surface area contributed by atoms with Gasteiger partial charge in [0.15, 0.2) is 0 Å². The van der Waals surface area contributed by atoms with E-state index >= 15 is 0 Å². The van der Waals surface area contributed by atoms with Gasteiger partial charge in [0.1, 0.15) is 11.3 Å². The largest absolute Gasteiger partial charge is 0.506 e. The maximum Gasteiger partial charge on any atom is 0.326 e. The molecule has 1 aliphatic rings. The molecule has 0 radical (unpaired) electrons.